The molecule has 0 saturated carbocycles. The van der Waals surface area contributed by atoms with Crippen LogP contribution < -0.4 is 22.2 Å². The lowest BCUT2D eigenvalue weighted by Crippen LogP contribution is -2.53. The molecule has 26 heavy (non-hydrogen) atoms. The zero-order chi connectivity index (χ0) is 18.7. The summed E-state index contributed by atoms with van der Waals surface area (Å²) in [5.74, 6) is -0.0396. The first kappa shape index (κ1) is 18.9. The summed E-state index contributed by atoms with van der Waals surface area (Å²) in [5, 5.41) is 8.37. The Hall–Kier alpha value is -1.87. The topological polar surface area (TPSA) is 121 Å². The number of primary amides is 1. The van der Waals surface area contributed by atoms with Gasteiger partial charge in [-0.3, -0.25) is 10.1 Å². The number of hydrazone groups is 1. The molecule has 1 unspecified atom stereocenters. The minimum atomic E-state index is -0.661. The van der Waals surface area contributed by atoms with E-state index >= 15 is 0 Å². The molecule has 0 aromatic heterocycles. The van der Waals surface area contributed by atoms with Gasteiger partial charge >= 0.3 is 0 Å². The fraction of sp³-hybridized carbons (Fsp3) is 0.438. The van der Waals surface area contributed by atoms with Crippen molar-refractivity contribution in [3.63, 3.8) is 0 Å². The second-order valence-corrected chi connectivity index (χ2v) is 7.11. The van der Waals surface area contributed by atoms with Gasteiger partial charge in [-0.2, -0.15) is 5.10 Å². The first-order valence-corrected chi connectivity index (χ1v) is 9.08. The number of likely N-dealkylation sites (tertiary alicyclic amines) is 1. The van der Waals surface area contributed by atoms with Gasteiger partial charge in [0.2, 0.25) is 5.96 Å². The van der Waals surface area contributed by atoms with Gasteiger partial charge in [0, 0.05) is 35.7 Å². The summed E-state index contributed by atoms with van der Waals surface area (Å²) in [4.78, 5) is 18.3. The molecule has 1 aromatic carbocycles. The lowest BCUT2D eigenvalue weighted by atomic mass is 10.1. The number of hydrogen-bond donors (Lipinski definition) is 4. The predicted molar refractivity (Wildman–Crippen MR) is 103 cm³/mol. The summed E-state index contributed by atoms with van der Waals surface area (Å²) >= 11 is 12.1. The summed E-state index contributed by atoms with van der Waals surface area (Å²) in [5.41, 5.74) is 15.1. The third-order valence-corrected chi connectivity index (χ3v) is 4.97. The number of nitrogens with one attached hydrogen (secondary N) is 2. The highest BCUT2D eigenvalue weighted by Gasteiger charge is 2.28. The molecule has 1 atom stereocenters. The Morgan fingerprint density at radius 2 is 2.08 bits per heavy atom. The molecule has 6 N–H and O–H groups in total. The van der Waals surface area contributed by atoms with Gasteiger partial charge in [0.15, 0.2) is 11.9 Å². The van der Waals surface area contributed by atoms with E-state index in [0.29, 0.717) is 22.5 Å². The lowest BCUT2D eigenvalue weighted by Gasteiger charge is -2.34. The monoisotopic (exact) mass is 397 g/mol. The molecule has 1 amide bonds. The highest BCUT2D eigenvalue weighted by molar-refractivity contribution is 6.40. The molecule has 2 aliphatic heterocycles. The standard InChI is InChI=1S/C16H21Cl2N7O/c17-10-2-1-9(12(18)7-10)8-21-15-13(14(20)26)23-24-16(22-15)25-5-3-11(19)4-6-25/h1-2,7,11,15,21H,3-6,8,19H2,(H2,20,26)(H,22,24). The molecule has 0 spiro atoms. The van der Waals surface area contributed by atoms with E-state index in [2.05, 4.69) is 25.7 Å². The highest BCUT2D eigenvalue weighted by atomic mass is 35.5. The van der Waals surface area contributed by atoms with Crippen molar-refractivity contribution in [3.05, 3.63) is 33.8 Å². The van der Waals surface area contributed by atoms with Crippen LogP contribution in [0.15, 0.2) is 28.3 Å². The molecule has 1 fully saturated rings. The van der Waals surface area contributed by atoms with Gasteiger partial charge in [-0.25, -0.2) is 10.4 Å². The van der Waals surface area contributed by atoms with Crippen molar-refractivity contribution < 1.29 is 4.79 Å². The van der Waals surface area contributed by atoms with Crippen LogP contribution in [0.1, 0.15) is 18.4 Å². The number of rotatable bonds is 4. The third kappa shape index (κ3) is 4.45. The van der Waals surface area contributed by atoms with E-state index in [1.807, 2.05) is 6.07 Å². The molecule has 1 saturated heterocycles. The van der Waals surface area contributed by atoms with Crippen LogP contribution in [0.3, 0.4) is 0 Å². The SMILES string of the molecule is NC(=O)C1=NNC(N2CCC(N)CC2)=NC1NCc1ccc(Cl)cc1Cl. The zero-order valence-corrected chi connectivity index (χ0v) is 15.6. The Bertz CT molecular complexity index is 744. The number of carbonyl (C=O) groups is 1. The molecule has 2 aliphatic rings. The number of amides is 1. The number of halogens is 2. The minimum Gasteiger partial charge on any atom is -0.364 e. The number of carbonyl (C=O) groups excluding carboxylic acids is 1. The van der Waals surface area contributed by atoms with Crippen LogP contribution in [-0.2, 0) is 11.3 Å². The first-order chi connectivity index (χ1) is 12.4. The largest absolute Gasteiger partial charge is 0.364 e. The van der Waals surface area contributed by atoms with Crippen LogP contribution in [0.4, 0.5) is 0 Å². The number of nitrogens with zero attached hydrogens (tertiary/aromatic N) is 3. The maximum absolute atomic E-state index is 11.7. The molecule has 8 nitrogen and oxygen atoms in total. The minimum absolute atomic E-state index is 0.118. The molecular formula is C16H21Cl2N7O. The van der Waals surface area contributed by atoms with E-state index in [4.69, 9.17) is 34.7 Å². The van der Waals surface area contributed by atoms with Gasteiger partial charge in [-0.05, 0) is 30.5 Å². The number of guanidine groups is 1. The van der Waals surface area contributed by atoms with Crippen LogP contribution in [0.5, 0.6) is 0 Å². The third-order valence-electron chi connectivity index (χ3n) is 4.38. The van der Waals surface area contributed by atoms with Crippen LogP contribution in [0, 0.1) is 0 Å². The Morgan fingerprint density at radius 1 is 1.35 bits per heavy atom. The molecule has 3 rings (SSSR count). The summed E-state index contributed by atoms with van der Waals surface area (Å²) in [6, 6.07) is 5.44. The zero-order valence-electron chi connectivity index (χ0n) is 14.1. The molecular weight excluding hydrogens is 377 g/mol. The number of nitrogens with two attached hydrogens (primary N) is 2. The molecule has 10 heteroatoms. The second-order valence-electron chi connectivity index (χ2n) is 6.27. The summed E-state index contributed by atoms with van der Waals surface area (Å²) in [6.07, 6.45) is 1.10. The van der Waals surface area contributed by atoms with E-state index in [1.165, 1.54) is 0 Å². The smallest absolute Gasteiger partial charge is 0.268 e. The first-order valence-electron chi connectivity index (χ1n) is 8.33. The molecule has 140 valence electrons. The summed E-state index contributed by atoms with van der Waals surface area (Å²) < 4.78 is 0. The molecule has 2 heterocycles. The van der Waals surface area contributed by atoms with Crippen molar-refractivity contribution in [1.82, 2.24) is 15.6 Å². The number of hydrogen-bond acceptors (Lipinski definition) is 7. The fourth-order valence-corrected chi connectivity index (χ4v) is 3.33. The van der Waals surface area contributed by atoms with Crippen molar-refractivity contribution in [2.45, 2.75) is 31.6 Å². The van der Waals surface area contributed by atoms with Crippen LogP contribution >= 0.6 is 23.2 Å². The van der Waals surface area contributed by atoms with E-state index in [9.17, 15) is 4.79 Å². The van der Waals surface area contributed by atoms with Crippen molar-refractivity contribution in [2.75, 3.05) is 13.1 Å². The Morgan fingerprint density at radius 3 is 2.73 bits per heavy atom. The Kier molecular flexibility index (Phi) is 5.98. The predicted octanol–water partition coefficient (Wildman–Crippen LogP) is 0.633. The maximum atomic E-state index is 11.7. The lowest BCUT2D eigenvalue weighted by molar-refractivity contribution is -0.112. The maximum Gasteiger partial charge on any atom is 0.268 e. The fourth-order valence-electron chi connectivity index (χ4n) is 2.85. The number of aliphatic imine (C=N–C) groups is 1. The van der Waals surface area contributed by atoms with Crippen molar-refractivity contribution in [3.8, 4) is 0 Å². The van der Waals surface area contributed by atoms with E-state index in [0.717, 1.165) is 31.5 Å². The van der Waals surface area contributed by atoms with Gasteiger partial charge < -0.3 is 16.4 Å². The van der Waals surface area contributed by atoms with Crippen molar-refractivity contribution >= 4 is 40.8 Å². The van der Waals surface area contributed by atoms with Crippen molar-refractivity contribution in [2.24, 2.45) is 21.6 Å². The van der Waals surface area contributed by atoms with E-state index < -0.39 is 12.1 Å². The normalized spacial score (nSPS) is 21.0. The quantitative estimate of drug-likeness (QED) is 0.593. The molecule has 0 aliphatic carbocycles. The summed E-state index contributed by atoms with van der Waals surface area (Å²) in [7, 11) is 0. The highest BCUT2D eigenvalue weighted by Crippen LogP contribution is 2.21. The van der Waals surface area contributed by atoms with Gasteiger partial charge in [0.05, 0.1) is 0 Å². The van der Waals surface area contributed by atoms with Crippen LogP contribution in [0.2, 0.25) is 10.0 Å². The molecule has 1 aromatic rings. The number of piperidine rings is 1. The average Bonchev–Trinajstić information content (AvgIpc) is 2.61. The summed E-state index contributed by atoms with van der Waals surface area (Å²) in [6.45, 7) is 1.95. The Labute approximate surface area is 161 Å². The van der Waals surface area contributed by atoms with Gasteiger partial charge in [0.25, 0.3) is 5.91 Å². The van der Waals surface area contributed by atoms with Gasteiger partial charge in [0.1, 0.15) is 0 Å². The molecule has 0 radical (unpaired) electrons. The number of benzene rings is 1. The van der Waals surface area contributed by atoms with Gasteiger partial charge in [-0.1, -0.05) is 29.3 Å². The Balaban J connectivity index is 1.73. The van der Waals surface area contributed by atoms with E-state index in [-0.39, 0.29) is 11.8 Å². The van der Waals surface area contributed by atoms with Crippen LogP contribution in [-0.4, -0.2) is 47.8 Å². The average molecular weight is 398 g/mol. The van der Waals surface area contributed by atoms with Gasteiger partial charge in [-0.15, -0.1) is 0 Å². The van der Waals surface area contributed by atoms with E-state index in [1.54, 1.807) is 12.1 Å². The molecule has 0 bridgehead atoms. The van der Waals surface area contributed by atoms with Crippen LogP contribution in [0.25, 0.3) is 0 Å². The van der Waals surface area contributed by atoms with Crippen molar-refractivity contribution in [1.29, 1.82) is 0 Å². The second kappa shape index (κ2) is 8.22.